The van der Waals surface area contributed by atoms with Crippen LogP contribution in [0.3, 0.4) is 0 Å². The summed E-state index contributed by atoms with van der Waals surface area (Å²) in [6, 6.07) is 6.71. The number of hydrogen-bond acceptors (Lipinski definition) is 0. The molecule has 0 N–H and O–H groups in total. The third-order valence-corrected chi connectivity index (χ3v) is 2.77. The van der Waals surface area contributed by atoms with Crippen molar-refractivity contribution in [3.8, 4) is 0 Å². The van der Waals surface area contributed by atoms with Crippen molar-refractivity contribution in [3.05, 3.63) is 47.7 Å². The second-order valence-corrected chi connectivity index (χ2v) is 4.26. The van der Waals surface area contributed by atoms with Gasteiger partial charge in [-0.05, 0) is 13.8 Å². The molecule has 0 heterocycles. The van der Waals surface area contributed by atoms with E-state index in [0.29, 0.717) is 0 Å². The summed E-state index contributed by atoms with van der Waals surface area (Å²) < 4.78 is 0. The summed E-state index contributed by atoms with van der Waals surface area (Å²) in [5.41, 5.74) is 4.26. The SMILES string of the molecule is C[CH-]CCC[CH-]Cc1cc(C)ccc1C.[Y]. The van der Waals surface area contributed by atoms with Crippen molar-refractivity contribution in [1.29, 1.82) is 0 Å². The fraction of sp³-hybridized carbons (Fsp3) is 0.467. The normalized spacial score (nSPS) is 9.94. The molecule has 0 spiro atoms. The molecular weight excluding hydrogens is 269 g/mol. The van der Waals surface area contributed by atoms with Gasteiger partial charge in [-0.25, -0.2) is 0 Å². The van der Waals surface area contributed by atoms with Gasteiger partial charge in [-0.3, -0.25) is 0 Å². The van der Waals surface area contributed by atoms with Gasteiger partial charge in [-0.2, -0.15) is 26.2 Å². The van der Waals surface area contributed by atoms with Crippen LogP contribution in [0.4, 0.5) is 0 Å². The molecule has 0 amide bonds. The van der Waals surface area contributed by atoms with Crippen LogP contribution in [0.2, 0.25) is 0 Å². The third kappa shape index (κ3) is 6.16. The number of benzene rings is 1. The van der Waals surface area contributed by atoms with E-state index in [4.69, 9.17) is 0 Å². The molecule has 1 aromatic carbocycles. The minimum atomic E-state index is 0. The number of rotatable bonds is 6. The van der Waals surface area contributed by atoms with Gasteiger partial charge in [0.1, 0.15) is 0 Å². The molecule has 0 aliphatic rings. The summed E-state index contributed by atoms with van der Waals surface area (Å²) in [6.07, 6.45) is 9.54. The fourth-order valence-corrected chi connectivity index (χ4v) is 1.74. The average Bonchev–Trinajstić information content (AvgIpc) is 2.23. The number of aryl methyl sites for hydroxylation is 2. The first kappa shape index (κ1) is 16.3. The van der Waals surface area contributed by atoms with E-state index in [1.165, 1.54) is 36.0 Å². The Hall–Kier alpha value is 0.324. The van der Waals surface area contributed by atoms with Gasteiger partial charge in [0.25, 0.3) is 0 Å². The molecule has 0 aromatic heterocycles. The second-order valence-electron chi connectivity index (χ2n) is 4.26. The standard InChI is InChI=1S/C15H22.Y/c1-4-5-6-7-8-9-15-12-13(2)10-11-14(15)3;/h4,8,10-12H,5-7,9H2,1-3H3;/q-2;. The van der Waals surface area contributed by atoms with Gasteiger partial charge < -0.3 is 12.8 Å². The van der Waals surface area contributed by atoms with Crippen LogP contribution >= 0.6 is 0 Å². The second kappa shape index (κ2) is 9.36. The molecule has 1 heteroatoms. The molecule has 1 radical (unpaired) electrons. The molecule has 0 saturated heterocycles. The zero-order chi connectivity index (χ0) is 11.1. The van der Waals surface area contributed by atoms with Crippen molar-refractivity contribution in [1.82, 2.24) is 0 Å². The Kier molecular flexibility index (Phi) is 9.55. The topological polar surface area (TPSA) is 0 Å². The maximum absolute atomic E-state index is 2.41. The van der Waals surface area contributed by atoms with Crippen LogP contribution in [0.15, 0.2) is 18.2 Å². The van der Waals surface area contributed by atoms with E-state index in [-0.39, 0.29) is 32.7 Å². The monoisotopic (exact) mass is 291 g/mol. The minimum absolute atomic E-state index is 0. The van der Waals surface area contributed by atoms with Crippen molar-refractivity contribution in [2.24, 2.45) is 0 Å². The van der Waals surface area contributed by atoms with Gasteiger partial charge >= 0.3 is 0 Å². The van der Waals surface area contributed by atoms with E-state index >= 15 is 0 Å². The van der Waals surface area contributed by atoms with E-state index < -0.39 is 0 Å². The maximum atomic E-state index is 2.41. The van der Waals surface area contributed by atoms with Gasteiger partial charge in [-0.15, -0.1) is 6.42 Å². The van der Waals surface area contributed by atoms with Gasteiger partial charge in [0.2, 0.25) is 0 Å². The molecule has 87 valence electrons. The maximum Gasteiger partial charge on any atom is 0 e. The number of hydrogen-bond donors (Lipinski definition) is 0. The van der Waals surface area contributed by atoms with Crippen LogP contribution in [-0.2, 0) is 39.1 Å². The first-order valence-electron chi connectivity index (χ1n) is 5.89. The molecule has 0 aliphatic carbocycles. The van der Waals surface area contributed by atoms with Crippen LogP contribution in [0.25, 0.3) is 0 Å². The van der Waals surface area contributed by atoms with E-state index in [1.54, 1.807) is 0 Å². The predicted molar refractivity (Wildman–Crippen MR) is 67.7 cm³/mol. The predicted octanol–water partition coefficient (Wildman–Crippen LogP) is 4.44. The van der Waals surface area contributed by atoms with Gasteiger partial charge in [0, 0.05) is 32.7 Å². The van der Waals surface area contributed by atoms with Gasteiger partial charge in [0.05, 0.1) is 0 Å². The van der Waals surface area contributed by atoms with Gasteiger partial charge in [-0.1, -0.05) is 34.9 Å². The minimum Gasteiger partial charge on any atom is -0.332 e. The molecule has 1 aromatic rings. The van der Waals surface area contributed by atoms with Crippen molar-refractivity contribution in [3.63, 3.8) is 0 Å². The Bertz CT molecular complexity index is 291. The number of unbranched alkanes of at least 4 members (excludes halogenated alkanes) is 4. The Morgan fingerprint density at radius 1 is 1.12 bits per heavy atom. The van der Waals surface area contributed by atoms with E-state index in [9.17, 15) is 0 Å². The zero-order valence-corrected chi connectivity index (χ0v) is 13.6. The molecule has 1 rings (SSSR count). The molecule has 16 heavy (non-hydrogen) atoms. The molecule has 0 nitrogen and oxygen atoms in total. The summed E-state index contributed by atoms with van der Waals surface area (Å²) in [6.45, 7) is 6.49. The molecule has 0 aliphatic heterocycles. The molecule has 0 saturated carbocycles. The summed E-state index contributed by atoms with van der Waals surface area (Å²) in [5, 5.41) is 0. The van der Waals surface area contributed by atoms with Crippen molar-refractivity contribution in [2.45, 2.75) is 46.5 Å². The molecule has 0 bridgehead atoms. The largest absolute Gasteiger partial charge is 0.332 e. The molecule has 0 fully saturated rings. The summed E-state index contributed by atoms with van der Waals surface area (Å²) in [7, 11) is 0. The van der Waals surface area contributed by atoms with Crippen LogP contribution < -0.4 is 0 Å². The quantitative estimate of drug-likeness (QED) is 0.537. The average molecular weight is 291 g/mol. The Labute approximate surface area is 126 Å². The molecular formula is C15H22Y-2. The molecule has 0 atom stereocenters. The fourth-order valence-electron chi connectivity index (χ4n) is 1.74. The smallest absolute Gasteiger partial charge is 0 e. The van der Waals surface area contributed by atoms with Crippen LogP contribution in [-0.4, -0.2) is 0 Å². The van der Waals surface area contributed by atoms with Crippen molar-refractivity contribution in [2.75, 3.05) is 0 Å². The van der Waals surface area contributed by atoms with Crippen molar-refractivity contribution < 1.29 is 32.7 Å². The van der Waals surface area contributed by atoms with Crippen molar-refractivity contribution >= 4 is 0 Å². The van der Waals surface area contributed by atoms with E-state index in [0.717, 1.165) is 6.42 Å². The summed E-state index contributed by atoms with van der Waals surface area (Å²) in [5.74, 6) is 0. The third-order valence-electron chi connectivity index (χ3n) is 2.77. The Morgan fingerprint density at radius 3 is 2.56 bits per heavy atom. The Morgan fingerprint density at radius 2 is 1.88 bits per heavy atom. The van der Waals surface area contributed by atoms with Crippen LogP contribution in [0.1, 0.15) is 42.9 Å². The zero-order valence-electron chi connectivity index (χ0n) is 10.8. The van der Waals surface area contributed by atoms with E-state index in [2.05, 4.69) is 51.8 Å². The first-order valence-corrected chi connectivity index (χ1v) is 5.89. The van der Waals surface area contributed by atoms with Crippen LogP contribution in [0, 0.1) is 26.7 Å². The Balaban J connectivity index is 0.00000225. The van der Waals surface area contributed by atoms with Crippen LogP contribution in [0.5, 0.6) is 0 Å². The summed E-state index contributed by atoms with van der Waals surface area (Å²) in [4.78, 5) is 0. The molecule has 0 unspecified atom stereocenters. The first-order chi connectivity index (χ1) is 7.24. The van der Waals surface area contributed by atoms with Gasteiger partial charge in [0.15, 0.2) is 0 Å². The van der Waals surface area contributed by atoms with E-state index in [1.807, 2.05) is 0 Å². The summed E-state index contributed by atoms with van der Waals surface area (Å²) >= 11 is 0.